The highest BCUT2D eigenvalue weighted by Gasteiger charge is 2.34. The number of hydrogen-bond donors (Lipinski definition) is 2. The first-order chi connectivity index (χ1) is 19.0. The van der Waals surface area contributed by atoms with Crippen LogP contribution >= 0.6 is 0 Å². The molecule has 41 heavy (non-hydrogen) atoms. The summed E-state index contributed by atoms with van der Waals surface area (Å²) in [4.78, 5) is 49.5. The fourth-order valence-corrected chi connectivity index (χ4v) is 3.77. The van der Waals surface area contributed by atoms with Crippen molar-refractivity contribution in [3.05, 3.63) is 23.8 Å². The maximum Gasteiger partial charge on any atom is 0.514 e. The van der Waals surface area contributed by atoms with E-state index >= 15 is 0 Å². The van der Waals surface area contributed by atoms with E-state index < -0.39 is 47.4 Å². The predicted octanol–water partition coefficient (Wildman–Crippen LogP) is 6.21. The van der Waals surface area contributed by atoms with Gasteiger partial charge in [0.25, 0.3) is 0 Å². The summed E-state index contributed by atoms with van der Waals surface area (Å²) in [7, 11) is 0. The molecule has 1 aromatic carbocycles. The van der Waals surface area contributed by atoms with Crippen LogP contribution in [0.1, 0.15) is 99.5 Å². The van der Waals surface area contributed by atoms with Crippen LogP contribution in [0.4, 0.5) is 9.59 Å². The molecule has 0 radical (unpaired) electrons. The molecule has 0 saturated carbocycles. The van der Waals surface area contributed by atoms with E-state index in [0.29, 0.717) is 24.8 Å². The SMILES string of the molecule is CCCC(C)C(=O)OCC(C)C(c1ccc(OC(=O)OC(C)(C)CC)c(OC(=O)OC(C)(C)CC)c1)[C@H](N)C(=O)O. The molecule has 4 atom stereocenters. The topological polar surface area (TPSA) is 161 Å². The van der Waals surface area contributed by atoms with Crippen molar-refractivity contribution in [1.82, 2.24) is 0 Å². The van der Waals surface area contributed by atoms with E-state index in [1.165, 1.54) is 18.2 Å². The van der Waals surface area contributed by atoms with Gasteiger partial charge in [0.15, 0.2) is 11.5 Å². The molecule has 1 rings (SSSR count). The number of carboxylic acid groups (broad SMARTS) is 1. The summed E-state index contributed by atoms with van der Waals surface area (Å²) in [6.45, 7) is 15.9. The van der Waals surface area contributed by atoms with Crippen molar-refractivity contribution in [2.75, 3.05) is 6.61 Å². The Morgan fingerprint density at radius 1 is 0.878 bits per heavy atom. The van der Waals surface area contributed by atoms with Gasteiger partial charge in [0.05, 0.1) is 12.5 Å². The number of carbonyl (C=O) groups is 4. The minimum atomic E-state index is -1.39. The Balaban J connectivity index is 3.44. The largest absolute Gasteiger partial charge is 0.514 e. The summed E-state index contributed by atoms with van der Waals surface area (Å²) in [6.07, 6.45) is 0.445. The lowest BCUT2D eigenvalue weighted by molar-refractivity contribution is -0.149. The summed E-state index contributed by atoms with van der Waals surface area (Å²) < 4.78 is 27.0. The van der Waals surface area contributed by atoms with Gasteiger partial charge in [-0.1, -0.05) is 47.1 Å². The second-order valence-electron chi connectivity index (χ2n) is 11.5. The van der Waals surface area contributed by atoms with Crippen molar-refractivity contribution < 1.29 is 48.0 Å². The molecule has 0 aromatic heterocycles. The van der Waals surface area contributed by atoms with Crippen LogP contribution in [-0.4, -0.2) is 53.2 Å². The first kappa shape index (κ1) is 35.7. The van der Waals surface area contributed by atoms with Gasteiger partial charge in [-0.2, -0.15) is 0 Å². The lowest BCUT2D eigenvalue weighted by Crippen LogP contribution is -2.41. The minimum absolute atomic E-state index is 0.0852. The zero-order valence-electron chi connectivity index (χ0n) is 25.8. The smallest absolute Gasteiger partial charge is 0.480 e. The predicted molar refractivity (Wildman–Crippen MR) is 152 cm³/mol. The zero-order chi connectivity index (χ0) is 31.5. The molecule has 0 heterocycles. The normalized spacial score (nSPS) is 14.7. The molecule has 3 N–H and O–H groups in total. The van der Waals surface area contributed by atoms with Gasteiger partial charge < -0.3 is 34.5 Å². The van der Waals surface area contributed by atoms with Crippen molar-refractivity contribution in [3.63, 3.8) is 0 Å². The Morgan fingerprint density at radius 3 is 1.85 bits per heavy atom. The number of benzene rings is 1. The first-order valence-corrected chi connectivity index (χ1v) is 14.1. The van der Waals surface area contributed by atoms with Crippen LogP contribution in [0, 0.1) is 11.8 Å². The van der Waals surface area contributed by atoms with Crippen molar-refractivity contribution in [1.29, 1.82) is 0 Å². The number of carbonyl (C=O) groups excluding carboxylic acids is 3. The Kier molecular flexibility index (Phi) is 13.6. The van der Waals surface area contributed by atoms with E-state index in [4.69, 9.17) is 29.4 Å². The van der Waals surface area contributed by atoms with Crippen molar-refractivity contribution >= 4 is 24.2 Å². The van der Waals surface area contributed by atoms with Gasteiger partial charge in [-0.05, 0) is 70.6 Å². The third-order valence-corrected chi connectivity index (χ3v) is 7.06. The first-order valence-electron chi connectivity index (χ1n) is 14.1. The molecule has 0 amide bonds. The summed E-state index contributed by atoms with van der Waals surface area (Å²) in [5.41, 5.74) is 4.81. The number of ether oxygens (including phenoxy) is 5. The lowest BCUT2D eigenvalue weighted by atomic mass is 9.82. The second-order valence-corrected chi connectivity index (χ2v) is 11.5. The quantitative estimate of drug-likeness (QED) is 0.138. The second kappa shape index (κ2) is 15.6. The van der Waals surface area contributed by atoms with E-state index in [-0.39, 0.29) is 30.0 Å². The van der Waals surface area contributed by atoms with Gasteiger partial charge in [-0.3, -0.25) is 9.59 Å². The highest BCUT2D eigenvalue weighted by molar-refractivity contribution is 5.75. The Bertz CT molecular complexity index is 1050. The van der Waals surface area contributed by atoms with Crippen LogP contribution in [0.15, 0.2) is 18.2 Å². The molecule has 0 aliphatic rings. The monoisotopic (exact) mass is 581 g/mol. The third-order valence-electron chi connectivity index (χ3n) is 7.06. The van der Waals surface area contributed by atoms with Crippen LogP contribution in [0.3, 0.4) is 0 Å². The molecule has 11 heteroatoms. The standard InChI is InChI=1S/C30H47NO10/c1-10-13-18(4)26(34)37-17-19(5)23(24(31)25(32)33)20-14-15-21(38-27(35)40-29(6,7)11-2)22(16-20)39-28(36)41-30(8,9)12-3/h14-16,18-19,23-24H,10-13,17,31H2,1-9H3,(H,32,33)/t18?,19?,23?,24-/m0/s1. The molecule has 0 saturated heterocycles. The molecule has 232 valence electrons. The average molecular weight is 582 g/mol. The molecule has 3 unspecified atom stereocenters. The lowest BCUT2D eigenvalue weighted by Gasteiger charge is -2.28. The average Bonchev–Trinajstić information content (AvgIpc) is 2.88. The molecule has 0 spiro atoms. The highest BCUT2D eigenvalue weighted by Crippen LogP contribution is 2.36. The molecule has 0 bridgehead atoms. The maximum absolute atomic E-state index is 12.7. The van der Waals surface area contributed by atoms with Gasteiger partial charge >= 0.3 is 24.2 Å². The van der Waals surface area contributed by atoms with Crippen LogP contribution in [0.2, 0.25) is 0 Å². The maximum atomic E-state index is 12.7. The molecule has 0 aliphatic carbocycles. The molecule has 1 aromatic rings. The van der Waals surface area contributed by atoms with Gasteiger partial charge in [-0.15, -0.1) is 0 Å². The van der Waals surface area contributed by atoms with Gasteiger partial charge in [0.2, 0.25) is 0 Å². The number of rotatable bonds is 15. The number of hydrogen-bond acceptors (Lipinski definition) is 10. The summed E-state index contributed by atoms with van der Waals surface area (Å²) in [5.74, 6) is -3.71. The van der Waals surface area contributed by atoms with Gasteiger partial charge in [0.1, 0.15) is 17.2 Å². The Labute approximate surface area is 243 Å². The van der Waals surface area contributed by atoms with Gasteiger partial charge in [0, 0.05) is 5.92 Å². The fourth-order valence-electron chi connectivity index (χ4n) is 3.77. The Hall–Kier alpha value is -3.34. The minimum Gasteiger partial charge on any atom is -0.480 e. The third kappa shape index (κ3) is 11.6. The molecular formula is C30H47NO10. The van der Waals surface area contributed by atoms with E-state index in [1.807, 2.05) is 20.8 Å². The summed E-state index contributed by atoms with van der Waals surface area (Å²) >= 11 is 0. The number of carboxylic acids is 1. The number of nitrogens with two attached hydrogens (primary N) is 1. The van der Waals surface area contributed by atoms with Crippen molar-refractivity contribution in [3.8, 4) is 11.5 Å². The van der Waals surface area contributed by atoms with Crippen LogP contribution in [-0.2, 0) is 23.8 Å². The van der Waals surface area contributed by atoms with Crippen LogP contribution in [0.5, 0.6) is 11.5 Å². The molecule has 0 fully saturated rings. The van der Waals surface area contributed by atoms with Crippen molar-refractivity contribution in [2.24, 2.45) is 17.6 Å². The molecule has 11 nitrogen and oxygen atoms in total. The van der Waals surface area contributed by atoms with E-state index in [1.54, 1.807) is 41.5 Å². The molecule has 0 aliphatic heterocycles. The number of esters is 1. The number of aliphatic carboxylic acids is 1. The van der Waals surface area contributed by atoms with E-state index in [0.717, 1.165) is 6.42 Å². The van der Waals surface area contributed by atoms with E-state index in [2.05, 4.69) is 0 Å². The zero-order valence-corrected chi connectivity index (χ0v) is 25.8. The Morgan fingerprint density at radius 2 is 1.39 bits per heavy atom. The highest BCUT2D eigenvalue weighted by atomic mass is 16.8. The summed E-state index contributed by atoms with van der Waals surface area (Å²) in [5, 5.41) is 9.75. The van der Waals surface area contributed by atoms with Crippen molar-refractivity contribution in [2.45, 2.75) is 111 Å². The molecular weight excluding hydrogens is 534 g/mol. The van der Waals surface area contributed by atoms with Crippen LogP contribution < -0.4 is 15.2 Å². The van der Waals surface area contributed by atoms with Gasteiger partial charge in [-0.25, -0.2) is 9.59 Å². The fraction of sp³-hybridized carbons (Fsp3) is 0.667. The van der Waals surface area contributed by atoms with Crippen LogP contribution in [0.25, 0.3) is 0 Å². The summed E-state index contributed by atoms with van der Waals surface area (Å²) in [6, 6.07) is 2.83. The van der Waals surface area contributed by atoms with E-state index in [9.17, 15) is 24.3 Å².